The molecule has 5 heteroatoms. The lowest BCUT2D eigenvalue weighted by Gasteiger charge is -2.45. The molecule has 1 unspecified atom stereocenters. The number of unbranched alkanes of at least 4 members (excludes halogenated alkanes) is 1. The fourth-order valence-corrected chi connectivity index (χ4v) is 2.96. The van der Waals surface area contributed by atoms with Gasteiger partial charge in [0, 0.05) is 0 Å². The molecule has 0 radical (unpaired) electrons. The normalized spacial score (nSPS) is 25.4. The summed E-state index contributed by atoms with van der Waals surface area (Å²) >= 11 is 0. The molecule has 0 amide bonds. The zero-order valence-corrected chi connectivity index (χ0v) is 15.2. The molecule has 0 saturated carbocycles. The van der Waals surface area contributed by atoms with E-state index in [1.165, 1.54) is 0 Å². The third-order valence-electron chi connectivity index (χ3n) is 4.25. The van der Waals surface area contributed by atoms with Crippen LogP contribution in [-0.4, -0.2) is 24.1 Å². The Morgan fingerprint density at radius 3 is 2.43 bits per heavy atom. The molecule has 0 N–H and O–H groups in total. The first-order chi connectivity index (χ1) is 10.6. The molecule has 1 atom stereocenters. The van der Waals surface area contributed by atoms with E-state index in [0.29, 0.717) is 17.9 Å². The van der Waals surface area contributed by atoms with Gasteiger partial charge in [0.15, 0.2) is 17.5 Å². The first-order valence-electron chi connectivity index (χ1n) is 8.25. The fraction of sp³-hybridized carbons (Fsp3) is 0.722. The van der Waals surface area contributed by atoms with Gasteiger partial charge in [0.05, 0.1) is 12.0 Å². The van der Waals surface area contributed by atoms with Gasteiger partial charge in [-0.1, -0.05) is 13.3 Å². The van der Waals surface area contributed by atoms with Crippen LogP contribution >= 0.6 is 0 Å². The Bertz CT molecular complexity index is 550. The number of Topliss-reactive ketones (excluding diaryl/α,β-unsaturated/α-hetero) is 1. The third kappa shape index (κ3) is 3.11. The van der Waals surface area contributed by atoms with Crippen LogP contribution in [0.15, 0.2) is 22.9 Å². The van der Waals surface area contributed by atoms with Gasteiger partial charge in [-0.25, -0.2) is 0 Å². The molecule has 23 heavy (non-hydrogen) atoms. The lowest BCUT2D eigenvalue weighted by molar-refractivity contribution is -0.378. The summed E-state index contributed by atoms with van der Waals surface area (Å²) in [6.45, 7) is 13.9. The SMILES string of the molecule is CCCCOC1=C2C(=O)C(C)(C)C(=C(C)C)OC2C(C)(C)OO1. The standard InChI is InChI=1S/C18H28O5/c1-8-9-10-20-16-12-13(19)17(4,5)14(11(2)3)21-15(12)18(6,7)23-22-16/h15H,8-10H2,1-7H3. The summed E-state index contributed by atoms with van der Waals surface area (Å²) in [7, 11) is 0. The average molecular weight is 324 g/mol. The van der Waals surface area contributed by atoms with Crippen molar-refractivity contribution in [2.45, 2.75) is 73.0 Å². The smallest absolute Gasteiger partial charge is 0.327 e. The van der Waals surface area contributed by atoms with E-state index >= 15 is 0 Å². The Kier molecular flexibility index (Phi) is 4.81. The van der Waals surface area contributed by atoms with Crippen LogP contribution in [0.1, 0.15) is 61.3 Å². The minimum atomic E-state index is -0.778. The van der Waals surface area contributed by atoms with Crippen molar-refractivity contribution in [2.75, 3.05) is 6.61 Å². The maximum atomic E-state index is 13.1. The Labute approximate surface area is 138 Å². The van der Waals surface area contributed by atoms with Crippen molar-refractivity contribution in [1.29, 1.82) is 0 Å². The summed E-state index contributed by atoms with van der Waals surface area (Å²) in [6.07, 6.45) is 1.33. The minimum absolute atomic E-state index is 0.0344. The summed E-state index contributed by atoms with van der Waals surface area (Å²) in [5.41, 5.74) is -0.105. The number of carbonyl (C=O) groups excluding carboxylic acids is 1. The average Bonchev–Trinajstić information content (AvgIpc) is 2.44. The predicted octanol–water partition coefficient (Wildman–Crippen LogP) is 4.04. The van der Waals surface area contributed by atoms with Gasteiger partial charge in [-0.15, -0.1) is 0 Å². The number of ketones is 1. The highest BCUT2D eigenvalue weighted by molar-refractivity contribution is 6.03. The second-order valence-corrected chi connectivity index (χ2v) is 7.45. The van der Waals surface area contributed by atoms with E-state index in [-0.39, 0.29) is 11.7 Å². The van der Waals surface area contributed by atoms with E-state index in [4.69, 9.17) is 19.2 Å². The van der Waals surface area contributed by atoms with Crippen molar-refractivity contribution < 1.29 is 24.0 Å². The van der Waals surface area contributed by atoms with Crippen molar-refractivity contribution in [1.82, 2.24) is 0 Å². The molecular weight excluding hydrogens is 296 g/mol. The summed E-state index contributed by atoms with van der Waals surface area (Å²) in [6, 6.07) is 0. The van der Waals surface area contributed by atoms with Crippen molar-refractivity contribution in [2.24, 2.45) is 5.41 Å². The predicted molar refractivity (Wildman–Crippen MR) is 86.2 cm³/mol. The summed E-state index contributed by atoms with van der Waals surface area (Å²) in [5.74, 6) is 0.809. The molecule has 2 aliphatic heterocycles. The fourth-order valence-electron chi connectivity index (χ4n) is 2.96. The molecule has 0 aromatic heterocycles. The van der Waals surface area contributed by atoms with Gasteiger partial charge in [-0.3, -0.25) is 9.68 Å². The van der Waals surface area contributed by atoms with Gasteiger partial charge in [0.2, 0.25) is 0 Å². The van der Waals surface area contributed by atoms with Crippen molar-refractivity contribution >= 4 is 5.78 Å². The van der Waals surface area contributed by atoms with Crippen LogP contribution in [0, 0.1) is 5.41 Å². The van der Waals surface area contributed by atoms with E-state index < -0.39 is 17.1 Å². The minimum Gasteiger partial charge on any atom is -0.485 e. The van der Waals surface area contributed by atoms with E-state index in [0.717, 1.165) is 18.4 Å². The third-order valence-corrected chi connectivity index (χ3v) is 4.25. The molecule has 0 aromatic carbocycles. The molecule has 2 heterocycles. The Morgan fingerprint density at radius 2 is 1.87 bits per heavy atom. The molecule has 0 bridgehead atoms. The molecule has 0 aromatic rings. The molecule has 2 rings (SSSR count). The maximum absolute atomic E-state index is 13.1. The second kappa shape index (κ2) is 6.19. The van der Waals surface area contributed by atoms with E-state index in [1.807, 2.05) is 41.5 Å². The van der Waals surface area contributed by atoms with E-state index in [1.54, 1.807) is 0 Å². The number of allylic oxidation sites excluding steroid dienone is 2. The number of hydrogen-bond acceptors (Lipinski definition) is 5. The lowest BCUT2D eigenvalue weighted by atomic mass is 9.74. The zero-order valence-electron chi connectivity index (χ0n) is 15.2. The van der Waals surface area contributed by atoms with Crippen LogP contribution < -0.4 is 0 Å². The van der Waals surface area contributed by atoms with E-state index in [9.17, 15) is 4.79 Å². The van der Waals surface area contributed by atoms with Crippen LogP contribution in [0.5, 0.6) is 0 Å². The van der Waals surface area contributed by atoms with E-state index in [2.05, 4.69) is 6.92 Å². The van der Waals surface area contributed by atoms with Gasteiger partial charge in [0.1, 0.15) is 11.3 Å². The van der Waals surface area contributed by atoms with Gasteiger partial charge in [-0.2, -0.15) is 4.89 Å². The van der Waals surface area contributed by atoms with Gasteiger partial charge in [0.25, 0.3) is 0 Å². The number of hydrogen-bond donors (Lipinski definition) is 0. The van der Waals surface area contributed by atoms with Crippen molar-refractivity contribution in [3.63, 3.8) is 0 Å². The van der Waals surface area contributed by atoms with Crippen molar-refractivity contribution in [3.8, 4) is 0 Å². The quantitative estimate of drug-likeness (QED) is 0.577. The largest absolute Gasteiger partial charge is 0.485 e. The van der Waals surface area contributed by atoms with Gasteiger partial charge >= 0.3 is 5.95 Å². The Balaban J connectivity index is 2.48. The zero-order chi connectivity index (χ0) is 17.4. The topological polar surface area (TPSA) is 54.0 Å². The molecule has 0 spiro atoms. The number of ether oxygens (including phenoxy) is 2. The summed E-state index contributed by atoms with van der Waals surface area (Å²) < 4.78 is 11.9. The van der Waals surface area contributed by atoms with Crippen LogP contribution in [0.3, 0.4) is 0 Å². The molecule has 1 saturated heterocycles. The molecule has 1 fully saturated rings. The number of carbonyl (C=O) groups is 1. The molecular formula is C18H28O5. The molecule has 130 valence electrons. The molecule has 2 aliphatic rings. The first-order valence-corrected chi connectivity index (χ1v) is 8.25. The first kappa shape index (κ1) is 17.9. The molecule has 5 nitrogen and oxygen atoms in total. The summed E-state index contributed by atoms with van der Waals surface area (Å²) in [5, 5.41) is 0. The highest BCUT2D eigenvalue weighted by atomic mass is 17.2. The van der Waals surface area contributed by atoms with Crippen LogP contribution in [0.4, 0.5) is 0 Å². The maximum Gasteiger partial charge on any atom is 0.327 e. The Morgan fingerprint density at radius 1 is 1.22 bits per heavy atom. The van der Waals surface area contributed by atoms with Crippen LogP contribution in [0.25, 0.3) is 0 Å². The van der Waals surface area contributed by atoms with Crippen molar-refractivity contribution in [3.05, 3.63) is 22.9 Å². The number of rotatable bonds is 4. The highest BCUT2D eigenvalue weighted by Gasteiger charge is 2.55. The monoisotopic (exact) mass is 324 g/mol. The highest BCUT2D eigenvalue weighted by Crippen LogP contribution is 2.47. The lowest BCUT2D eigenvalue weighted by Crippen LogP contribution is -2.54. The van der Waals surface area contributed by atoms with Crippen LogP contribution in [0.2, 0.25) is 0 Å². The van der Waals surface area contributed by atoms with Gasteiger partial charge < -0.3 is 9.47 Å². The number of fused-ring (bicyclic) bond motifs is 1. The van der Waals surface area contributed by atoms with Gasteiger partial charge in [-0.05, 0) is 53.5 Å². The Hall–Kier alpha value is -1.49. The second-order valence-electron chi connectivity index (χ2n) is 7.45. The summed E-state index contributed by atoms with van der Waals surface area (Å²) in [4.78, 5) is 23.9. The van der Waals surface area contributed by atoms with Crippen LogP contribution in [-0.2, 0) is 24.0 Å². The molecule has 0 aliphatic carbocycles.